The van der Waals surface area contributed by atoms with Gasteiger partial charge in [0.2, 0.25) is 5.95 Å². The first-order chi connectivity index (χ1) is 23.6. The Bertz CT molecular complexity index is 1780. The number of anilines is 5. The summed E-state index contributed by atoms with van der Waals surface area (Å²) in [4.78, 5) is 25.8. The van der Waals surface area contributed by atoms with E-state index in [1.165, 1.54) is 18.0 Å². The van der Waals surface area contributed by atoms with Gasteiger partial charge in [0, 0.05) is 81.2 Å². The smallest absolute Gasteiger partial charge is 0.403 e. The van der Waals surface area contributed by atoms with Crippen LogP contribution in [0.3, 0.4) is 0 Å². The van der Waals surface area contributed by atoms with Crippen molar-refractivity contribution < 1.29 is 17.9 Å². The van der Waals surface area contributed by atoms with E-state index in [2.05, 4.69) is 68.4 Å². The van der Waals surface area contributed by atoms with Crippen LogP contribution in [-0.4, -0.2) is 95.5 Å². The number of rotatable bonds is 11. The maximum atomic E-state index is 13.8. The van der Waals surface area contributed by atoms with E-state index in [9.17, 15) is 13.2 Å². The predicted octanol–water partition coefficient (Wildman–Crippen LogP) is 6.45. The monoisotopic (exact) mass is 694 g/mol. The summed E-state index contributed by atoms with van der Waals surface area (Å²) in [7, 11) is 3.95. The molecule has 0 saturated carbocycles. The highest BCUT2D eigenvalue weighted by atomic mass is 32.2. The highest BCUT2D eigenvalue weighted by Gasteiger charge is 2.34. The lowest BCUT2D eigenvalue weighted by molar-refractivity contribution is -0.274. The Labute approximate surface area is 288 Å². The van der Waals surface area contributed by atoms with E-state index < -0.39 is 6.36 Å². The van der Waals surface area contributed by atoms with Crippen LogP contribution < -0.4 is 25.0 Å². The zero-order valence-electron chi connectivity index (χ0n) is 27.8. The van der Waals surface area contributed by atoms with Crippen LogP contribution in [0.1, 0.15) is 30.9 Å². The zero-order valence-corrected chi connectivity index (χ0v) is 28.7. The van der Waals surface area contributed by atoms with Gasteiger partial charge in [-0.3, -0.25) is 19.6 Å². The van der Waals surface area contributed by atoms with E-state index in [1.54, 1.807) is 37.8 Å². The number of benzene rings is 2. The molecule has 2 aliphatic rings. The van der Waals surface area contributed by atoms with Crippen LogP contribution in [-0.2, 0) is 6.42 Å². The number of nitrogens with one attached hydrogen (secondary N) is 3. The van der Waals surface area contributed by atoms with E-state index in [1.807, 2.05) is 19.1 Å². The molecule has 0 aliphatic carbocycles. The molecule has 2 saturated heterocycles. The minimum Gasteiger partial charge on any atom is -0.403 e. The molecule has 2 aliphatic heterocycles. The quantitative estimate of drug-likeness (QED) is 0.150. The van der Waals surface area contributed by atoms with Crippen LogP contribution in [0.2, 0.25) is 0 Å². The molecule has 4 heterocycles. The molecule has 2 fully saturated rings. The van der Waals surface area contributed by atoms with Crippen molar-refractivity contribution >= 4 is 57.9 Å². The van der Waals surface area contributed by atoms with Crippen LogP contribution in [0, 0.1) is 0 Å². The molecule has 49 heavy (non-hydrogen) atoms. The summed E-state index contributed by atoms with van der Waals surface area (Å²) >= 11 is 1.37. The first kappa shape index (κ1) is 34.7. The summed E-state index contributed by atoms with van der Waals surface area (Å²) < 4.78 is 49.0. The summed E-state index contributed by atoms with van der Waals surface area (Å²) in [6.45, 7) is 11.6. The Morgan fingerprint density at radius 3 is 2.45 bits per heavy atom. The van der Waals surface area contributed by atoms with E-state index in [4.69, 9.17) is 0 Å². The van der Waals surface area contributed by atoms with Crippen LogP contribution in [0.5, 0.6) is 5.75 Å². The number of piperazine rings is 1. The maximum Gasteiger partial charge on any atom is 0.573 e. The molecular formula is C34H41F3N10OS. The third kappa shape index (κ3) is 8.18. The zero-order chi connectivity index (χ0) is 34.5. The fraction of sp³-hybridized carbons (Fsp3) is 0.412. The fourth-order valence-corrected chi connectivity index (χ4v) is 7.11. The van der Waals surface area contributed by atoms with Gasteiger partial charge in [0.25, 0.3) is 0 Å². The lowest BCUT2D eigenvalue weighted by Crippen LogP contribution is -2.52. The topological polar surface area (TPSA) is 107 Å². The number of aromatic nitrogens is 4. The average molecular weight is 695 g/mol. The number of likely N-dealkylation sites (N-methyl/N-ethyl adjacent to an activating group) is 1. The number of nitrogens with zero attached hydrogens (tertiary/aromatic N) is 7. The van der Waals surface area contributed by atoms with Crippen molar-refractivity contribution in [3.05, 3.63) is 60.6 Å². The number of halogens is 3. The van der Waals surface area contributed by atoms with Gasteiger partial charge in [-0.15, -0.1) is 13.2 Å². The normalized spacial score (nSPS) is 16.6. The minimum absolute atomic E-state index is 0.0892. The lowest BCUT2D eigenvalue weighted by Gasteiger charge is -2.43. The molecule has 2 aromatic heterocycles. The molecule has 0 spiro atoms. The van der Waals surface area contributed by atoms with Gasteiger partial charge in [-0.25, -0.2) is 4.98 Å². The second-order valence-electron chi connectivity index (χ2n) is 12.1. The summed E-state index contributed by atoms with van der Waals surface area (Å²) in [5.41, 5.74) is 4.51. The van der Waals surface area contributed by atoms with E-state index in [0.29, 0.717) is 35.0 Å². The maximum absolute atomic E-state index is 13.8. The molecule has 15 heteroatoms. The van der Waals surface area contributed by atoms with Crippen LogP contribution in [0.4, 0.5) is 42.0 Å². The number of piperidine rings is 1. The standard InChI is InChI=1S/C34H41F3N10OS/c1-5-22-19-27(29(48-34(35,36)37)20-28(22)47-13-9-24(10-14-47)46-17-15-45(4)16-18-46)43-33-41-21-23(6-2)32(44-33)42-26-8-7-25-30(31(26)49-38-3)40-12-11-39-25/h6-8,11-12,19-21,24,38H,2,5,9-10,13-18H2,1,3-4H3,(H2,41,42,43,44). The Morgan fingerprint density at radius 2 is 1.76 bits per heavy atom. The molecule has 0 atom stereocenters. The molecule has 260 valence electrons. The van der Waals surface area contributed by atoms with Crippen molar-refractivity contribution in [2.75, 3.05) is 68.9 Å². The van der Waals surface area contributed by atoms with Crippen molar-refractivity contribution in [1.82, 2.24) is 34.5 Å². The van der Waals surface area contributed by atoms with Crippen molar-refractivity contribution in [1.29, 1.82) is 0 Å². The Balaban J connectivity index is 1.28. The van der Waals surface area contributed by atoms with E-state index in [0.717, 1.165) is 73.8 Å². The SMILES string of the molecule is C=Cc1cnc(Nc2cc(CC)c(N3CCC(N4CCN(C)CC4)CC3)cc2OC(F)(F)F)nc1Nc1ccc2nccnc2c1SNC. The van der Waals surface area contributed by atoms with E-state index in [-0.39, 0.29) is 17.4 Å². The Morgan fingerprint density at radius 1 is 1.00 bits per heavy atom. The molecule has 4 aromatic rings. The largest absolute Gasteiger partial charge is 0.573 e. The molecule has 0 bridgehead atoms. The van der Waals surface area contributed by atoms with Crippen molar-refractivity contribution in [2.24, 2.45) is 0 Å². The minimum atomic E-state index is -4.89. The number of hydrogen-bond acceptors (Lipinski definition) is 12. The number of fused-ring (bicyclic) bond motifs is 1. The lowest BCUT2D eigenvalue weighted by atomic mass is 9.99. The second kappa shape index (κ2) is 15.2. The van der Waals surface area contributed by atoms with Gasteiger partial charge >= 0.3 is 6.36 Å². The molecule has 2 aromatic carbocycles. The Kier molecular flexibility index (Phi) is 10.7. The fourth-order valence-electron chi connectivity index (χ4n) is 6.42. The first-order valence-corrected chi connectivity index (χ1v) is 17.2. The van der Waals surface area contributed by atoms with Gasteiger partial charge in [-0.1, -0.05) is 19.6 Å². The molecular weight excluding hydrogens is 654 g/mol. The summed E-state index contributed by atoms with van der Waals surface area (Å²) in [5, 5.41) is 6.35. The van der Waals surface area contributed by atoms with Gasteiger partial charge < -0.3 is 25.2 Å². The molecule has 0 radical (unpaired) electrons. The van der Waals surface area contributed by atoms with Gasteiger partial charge in [0.15, 0.2) is 5.75 Å². The first-order valence-electron chi connectivity index (χ1n) is 16.4. The van der Waals surface area contributed by atoms with Gasteiger partial charge in [0.1, 0.15) is 11.3 Å². The van der Waals surface area contributed by atoms with E-state index >= 15 is 0 Å². The van der Waals surface area contributed by atoms with Gasteiger partial charge in [-0.2, -0.15) is 4.98 Å². The van der Waals surface area contributed by atoms with Crippen LogP contribution in [0.15, 0.2) is 54.3 Å². The highest BCUT2D eigenvalue weighted by Crippen LogP contribution is 2.40. The van der Waals surface area contributed by atoms with Crippen molar-refractivity contribution in [3.8, 4) is 5.75 Å². The number of hydrogen-bond donors (Lipinski definition) is 3. The highest BCUT2D eigenvalue weighted by molar-refractivity contribution is 7.97. The second-order valence-corrected chi connectivity index (χ2v) is 13.1. The molecule has 0 unspecified atom stereocenters. The predicted molar refractivity (Wildman–Crippen MR) is 190 cm³/mol. The third-order valence-electron chi connectivity index (χ3n) is 8.98. The summed E-state index contributed by atoms with van der Waals surface area (Å²) in [6, 6.07) is 7.41. The number of alkyl halides is 3. The average Bonchev–Trinajstić information content (AvgIpc) is 3.10. The molecule has 6 rings (SSSR count). The summed E-state index contributed by atoms with van der Waals surface area (Å²) in [5.74, 6) is 0.154. The van der Waals surface area contributed by atoms with Crippen molar-refractivity contribution in [3.63, 3.8) is 0 Å². The number of ether oxygens (including phenoxy) is 1. The van der Waals surface area contributed by atoms with Crippen LogP contribution >= 0.6 is 11.9 Å². The summed E-state index contributed by atoms with van der Waals surface area (Å²) in [6.07, 6.45) is 4.06. The Hall–Kier alpha value is -4.18. The third-order valence-corrected chi connectivity index (χ3v) is 9.80. The van der Waals surface area contributed by atoms with Gasteiger partial charge in [0.05, 0.1) is 21.8 Å². The molecule has 3 N–H and O–H groups in total. The molecule has 0 amide bonds. The number of aryl methyl sites for hydroxylation is 1. The van der Waals surface area contributed by atoms with Crippen LogP contribution in [0.25, 0.3) is 17.1 Å². The molecule has 11 nitrogen and oxygen atoms in total. The van der Waals surface area contributed by atoms with Gasteiger partial charge in [-0.05, 0) is 69.1 Å². The van der Waals surface area contributed by atoms with Crippen molar-refractivity contribution in [2.45, 2.75) is 43.5 Å².